The van der Waals surface area contributed by atoms with Gasteiger partial charge in [0.1, 0.15) is 5.75 Å². The van der Waals surface area contributed by atoms with Crippen LogP contribution in [0.2, 0.25) is 0 Å². The van der Waals surface area contributed by atoms with Crippen molar-refractivity contribution in [3.05, 3.63) is 24.0 Å². The number of pyridine rings is 1. The number of alkyl halides is 1. The van der Waals surface area contributed by atoms with Crippen LogP contribution in [-0.2, 0) is 0 Å². The molecule has 0 aliphatic carbocycles. The Kier molecular flexibility index (Phi) is 5.59. The van der Waals surface area contributed by atoms with Crippen LogP contribution < -0.4 is 5.32 Å². The first kappa shape index (κ1) is 15.0. The number of nitrogens with one attached hydrogen (secondary N) is 1. The van der Waals surface area contributed by atoms with Crippen molar-refractivity contribution in [3.63, 3.8) is 0 Å². The van der Waals surface area contributed by atoms with Crippen LogP contribution in [0.3, 0.4) is 0 Å². The highest BCUT2D eigenvalue weighted by Gasteiger charge is 2.19. The number of carbonyl (C=O) groups excluding carboxylic acids is 1. The highest BCUT2D eigenvalue weighted by Crippen LogP contribution is 2.22. The minimum Gasteiger partial charge on any atom is -0.505 e. The van der Waals surface area contributed by atoms with Gasteiger partial charge in [-0.3, -0.25) is 9.78 Å². The number of nitrogens with zero attached hydrogens (tertiary/aromatic N) is 1. The SMILES string of the molecule is CC(C)(CCCBr)CNC(=O)c1ccncc1O. The highest BCUT2D eigenvalue weighted by atomic mass is 79.9. The van der Waals surface area contributed by atoms with Crippen molar-refractivity contribution in [3.8, 4) is 5.75 Å². The highest BCUT2D eigenvalue weighted by molar-refractivity contribution is 9.09. The molecule has 1 amide bonds. The predicted molar refractivity (Wildman–Crippen MR) is 75.0 cm³/mol. The number of hydrogen-bond acceptors (Lipinski definition) is 3. The van der Waals surface area contributed by atoms with E-state index in [0.717, 1.165) is 18.2 Å². The van der Waals surface area contributed by atoms with Gasteiger partial charge in [-0.05, 0) is 24.3 Å². The monoisotopic (exact) mass is 314 g/mol. The summed E-state index contributed by atoms with van der Waals surface area (Å²) in [5, 5.41) is 13.3. The van der Waals surface area contributed by atoms with Gasteiger partial charge < -0.3 is 10.4 Å². The van der Waals surface area contributed by atoms with Crippen molar-refractivity contribution in [2.45, 2.75) is 26.7 Å². The first-order valence-electron chi connectivity index (χ1n) is 5.93. The van der Waals surface area contributed by atoms with E-state index in [1.165, 1.54) is 18.5 Å². The third-order valence-corrected chi connectivity index (χ3v) is 3.32. The molecular weight excluding hydrogens is 296 g/mol. The molecule has 2 N–H and O–H groups in total. The molecule has 0 saturated heterocycles. The zero-order valence-corrected chi connectivity index (χ0v) is 12.3. The summed E-state index contributed by atoms with van der Waals surface area (Å²) in [4.78, 5) is 15.6. The fraction of sp³-hybridized carbons (Fsp3) is 0.538. The average molecular weight is 315 g/mol. The molecule has 100 valence electrons. The average Bonchev–Trinajstić information content (AvgIpc) is 2.34. The lowest BCUT2D eigenvalue weighted by Crippen LogP contribution is -2.34. The molecule has 0 spiro atoms. The van der Waals surface area contributed by atoms with Crippen molar-refractivity contribution in [2.24, 2.45) is 5.41 Å². The fourth-order valence-electron chi connectivity index (χ4n) is 1.63. The van der Waals surface area contributed by atoms with Gasteiger partial charge in [-0.25, -0.2) is 0 Å². The van der Waals surface area contributed by atoms with E-state index in [2.05, 4.69) is 40.1 Å². The molecule has 0 saturated carbocycles. The predicted octanol–water partition coefficient (Wildman–Crippen LogP) is 2.72. The third kappa shape index (κ3) is 4.64. The number of halogens is 1. The van der Waals surface area contributed by atoms with Gasteiger partial charge in [-0.1, -0.05) is 29.8 Å². The van der Waals surface area contributed by atoms with E-state index in [1.54, 1.807) is 0 Å². The second-order valence-electron chi connectivity index (χ2n) is 5.03. The number of carbonyl (C=O) groups is 1. The van der Waals surface area contributed by atoms with Crippen LogP contribution >= 0.6 is 15.9 Å². The van der Waals surface area contributed by atoms with Crippen LogP contribution in [0.4, 0.5) is 0 Å². The first-order valence-corrected chi connectivity index (χ1v) is 7.05. The zero-order valence-electron chi connectivity index (χ0n) is 10.7. The molecule has 0 radical (unpaired) electrons. The Labute approximate surface area is 116 Å². The van der Waals surface area contributed by atoms with Crippen molar-refractivity contribution >= 4 is 21.8 Å². The molecule has 1 rings (SSSR count). The second-order valence-corrected chi connectivity index (χ2v) is 5.83. The first-order chi connectivity index (χ1) is 8.46. The van der Waals surface area contributed by atoms with E-state index in [9.17, 15) is 9.90 Å². The number of aromatic hydroxyl groups is 1. The maximum Gasteiger partial charge on any atom is 0.255 e. The molecule has 0 bridgehead atoms. The number of rotatable bonds is 6. The molecule has 1 heterocycles. The summed E-state index contributed by atoms with van der Waals surface area (Å²) >= 11 is 3.40. The number of aromatic nitrogens is 1. The molecule has 0 aliphatic rings. The summed E-state index contributed by atoms with van der Waals surface area (Å²) in [5.41, 5.74) is 0.313. The van der Waals surface area contributed by atoms with E-state index in [-0.39, 0.29) is 22.6 Å². The summed E-state index contributed by atoms with van der Waals surface area (Å²) in [6.07, 6.45) is 4.86. The fourth-order valence-corrected chi connectivity index (χ4v) is 1.91. The topological polar surface area (TPSA) is 62.2 Å². The van der Waals surface area contributed by atoms with Crippen molar-refractivity contribution in [1.29, 1.82) is 0 Å². The van der Waals surface area contributed by atoms with Gasteiger partial charge in [0.15, 0.2) is 0 Å². The molecule has 0 unspecified atom stereocenters. The van der Waals surface area contributed by atoms with Gasteiger partial charge >= 0.3 is 0 Å². The maximum atomic E-state index is 11.9. The lowest BCUT2D eigenvalue weighted by Gasteiger charge is -2.24. The van der Waals surface area contributed by atoms with Gasteiger partial charge in [0.2, 0.25) is 0 Å². The number of hydrogen-bond donors (Lipinski definition) is 2. The standard InChI is InChI=1S/C13H19BrN2O2/c1-13(2,5-3-6-14)9-16-12(18)10-4-7-15-8-11(10)17/h4,7-8,17H,3,5-6,9H2,1-2H3,(H,16,18). The molecule has 0 aromatic carbocycles. The molecule has 4 nitrogen and oxygen atoms in total. The van der Waals surface area contributed by atoms with Gasteiger partial charge in [-0.2, -0.15) is 0 Å². The molecule has 0 aliphatic heterocycles. The molecule has 0 fully saturated rings. The lowest BCUT2D eigenvalue weighted by molar-refractivity contribution is 0.0931. The van der Waals surface area contributed by atoms with E-state index >= 15 is 0 Å². The third-order valence-electron chi connectivity index (χ3n) is 2.76. The van der Waals surface area contributed by atoms with Gasteiger partial charge in [0.05, 0.1) is 11.8 Å². The van der Waals surface area contributed by atoms with Crippen LogP contribution in [0.25, 0.3) is 0 Å². The van der Waals surface area contributed by atoms with Crippen LogP contribution in [0.15, 0.2) is 18.5 Å². The van der Waals surface area contributed by atoms with Gasteiger partial charge in [0, 0.05) is 18.1 Å². The Morgan fingerprint density at radius 2 is 2.28 bits per heavy atom. The van der Waals surface area contributed by atoms with E-state index in [0.29, 0.717) is 6.54 Å². The molecule has 1 aromatic heterocycles. The van der Waals surface area contributed by atoms with Crippen molar-refractivity contribution < 1.29 is 9.90 Å². The summed E-state index contributed by atoms with van der Waals surface area (Å²) in [5.74, 6) is -0.352. The maximum absolute atomic E-state index is 11.9. The Morgan fingerprint density at radius 3 is 2.89 bits per heavy atom. The minimum atomic E-state index is -0.262. The Bertz CT molecular complexity index is 408. The smallest absolute Gasteiger partial charge is 0.255 e. The van der Waals surface area contributed by atoms with Crippen LogP contribution in [-0.4, -0.2) is 27.9 Å². The van der Waals surface area contributed by atoms with E-state index < -0.39 is 0 Å². The summed E-state index contributed by atoms with van der Waals surface area (Å²) in [7, 11) is 0. The minimum absolute atomic E-state index is 0.0477. The Morgan fingerprint density at radius 1 is 1.56 bits per heavy atom. The molecule has 5 heteroatoms. The largest absolute Gasteiger partial charge is 0.505 e. The van der Waals surface area contributed by atoms with Gasteiger partial charge in [0.25, 0.3) is 5.91 Å². The quantitative estimate of drug-likeness (QED) is 0.794. The molecule has 1 aromatic rings. The zero-order chi connectivity index (χ0) is 13.6. The lowest BCUT2D eigenvalue weighted by atomic mass is 9.88. The Balaban J connectivity index is 2.54. The van der Waals surface area contributed by atoms with Crippen LogP contribution in [0.5, 0.6) is 5.75 Å². The summed E-state index contributed by atoms with van der Waals surface area (Å²) < 4.78 is 0. The van der Waals surface area contributed by atoms with Crippen LogP contribution in [0, 0.1) is 5.41 Å². The summed E-state index contributed by atoms with van der Waals surface area (Å²) in [6, 6.07) is 1.51. The molecule has 0 atom stereocenters. The van der Waals surface area contributed by atoms with E-state index in [4.69, 9.17) is 0 Å². The van der Waals surface area contributed by atoms with Crippen LogP contribution in [0.1, 0.15) is 37.0 Å². The van der Waals surface area contributed by atoms with E-state index in [1.807, 2.05) is 0 Å². The molecule has 18 heavy (non-hydrogen) atoms. The number of amides is 1. The van der Waals surface area contributed by atoms with Crippen molar-refractivity contribution in [1.82, 2.24) is 10.3 Å². The van der Waals surface area contributed by atoms with Crippen molar-refractivity contribution in [2.75, 3.05) is 11.9 Å². The normalized spacial score (nSPS) is 11.3. The Hall–Kier alpha value is -1.10. The summed E-state index contributed by atoms with van der Waals surface area (Å²) in [6.45, 7) is 4.81. The molecular formula is C13H19BrN2O2. The van der Waals surface area contributed by atoms with Gasteiger partial charge in [-0.15, -0.1) is 0 Å². The second kappa shape index (κ2) is 6.73.